The van der Waals surface area contributed by atoms with Gasteiger partial charge in [-0.15, -0.1) is 0 Å². The molecule has 3 nitrogen and oxygen atoms in total. The second-order valence-corrected chi connectivity index (χ2v) is 6.74. The molecule has 0 spiro atoms. The molecular weight excluding hydrogens is 354 g/mol. The first-order valence-electron chi connectivity index (χ1n) is 7.58. The normalized spacial score (nSPS) is 11.7. The molecular formula is C20H14ClNO2S. The first-order valence-corrected chi connectivity index (χ1v) is 8.77. The van der Waals surface area contributed by atoms with Gasteiger partial charge in [-0.3, -0.25) is 10.1 Å². The number of nitrogens with zero attached hydrogens (tertiary/aromatic N) is 1. The van der Waals surface area contributed by atoms with E-state index >= 15 is 0 Å². The highest BCUT2D eigenvalue weighted by atomic mass is 35.5. The Balaban J connectivity index is 2.17. The van der Waals surface area contributed by atoms with E-state index in [2.05, 4.69) is 0 Å². The highest BCUT2D eigenvalue weighted by Gasteiger charge is 2.23. The third-order valence-electron chi connectivity index (χ3n) is 3.51. The van der Waals surface area contributed by atoms with Crippen LogP contribution in [0.5, 0.6) is 0 Å². The summed E-state index contributed by atoms with van der Waals surface area (Å²) in [4.78, 5) is 13.0. The Kier molecular flexibility index (Phi) is 5.53. The van der Waals surface area contributed by atoms with Crippen LogP contribution in [-0.4, -0.2) is 4.92 Å². The van der Waals surface area contributed by atoms with Crippen LogP contribution >= 0.6 is 23.4 Å². The quantitative estimate of drug-likeness (QED) is 0.232. The summed E-state index contributed by atoms with van der Waals surface area (Å²) >= 11 is 7.31. The molecule has 0 saturated carbocycles. The van der Waals surface area contributed by atoms with Gasteiger partial charge >= 0.3 is 0 Å². The first kappa shape index (κ1) is 17.3. The van der Waals surface area contributed by atoms with E-state index in [1.165, 1.54) is 11.8 Å². The van der Waals surface area contributed by atoms with Gasteiger partial charge in [0.2, 0.25) is 0 Å². The molecule has 0 N–H and O–H groups in total. The molecule has 0 amide bonds. The highest BCUT2D eigenvalue weighted by molar-refractivity contribution is 8.08. The molecule has 0 aromatic heterocycles. The Hall–Kier alpha value is -2.56. The van der Waals surface area contributed by atoms with Gasteiger partial charge in [0.1, 0.15) is 0 Å². The second-order valence-electron chi connectivity index (χ2n) is 5.22. The molecule has 124 valence electrons. The SMILES string of the molecule is O=[N+]([O-])/C(=C(\Sc1ccc(Cl)cc1)c1ccccc1)c1ccccc1. The largest absolute Gasteiger partial charge is 0.290 e. The lowest BCUT2D eigenvalue weighted by atomic mass is 10.1. The molecule has 5 heteroatoms. The lowest BCUT2D eigenvalue weighted by Gasteiger charge is -2.10. The standard InChI is InChI=1S/C20H14ClNO2S/c21-17-11-13-18(14-12-17)25-20(16-9-5-2-6-10-16)19(22(23)24)15-7-3-1-4-8-15/h1-14H/b20-19-. The minimum Gasteiger partial charge on any atom is -0.258 e. The maximum atomic E-state index is 11.9. The lowest BCUT2D eigenvalue weighted by molar-refractivity contribution is -0.374. The molecule has 3 rings (SSSR count). The van der Waals surface area contributed by atoms with Crippen LogP contribution in [0.4, 0.5) is 0 Å². The third kappa shape index (κ3) is 4.29. The molecule has 0 unspecified atom stereocenters. The van der Waals surface area contributed by atoms with Crippen molar-refractivity contribution in [2.45, 2.75) is 4.90 Å². The maximum absolute atomic E-state index is 11.9. The zero-order valence-electron chi connectivity index (χ0n) is 13.1. The average molecular weight is 368 g/mol. The van der Waals surface area contributed by atoms with Crippen molar-refractivity contribution in [1.82, 2.24) is 0 Å². The van der Waals surface area contributed by atoms with Gasteiger partial charge in [0.25, 0.3) is 5.70 Å². The van der Waals surface area contributed by atoms with E-state index in [1.807, 2.05) is 48.5 Å². The highest BCUT2D eigenvalue weighted by Crippen LogP contribution is 2.40. The summed E-state index contributed by atoms with van der Waals surface area (Å²) in [5.74, 6) is 0. The predicted molar refractivity (Wildman–Crippen MR) is 104 cm³/mol. The van der Waals surface area contributed by atoms with Crippen molar-refractivity contribution >= 4 is 34.0 Å². The minimum absolute atomic E-state index is 0.0896. The summed E-state index contributed by atoms with van der Waals surface area (Å²) in [5.41, 5.74) is 1.47. The van der Waals surface area contributed by atoms with Gasteiger partial charge in [0, 0.05) is 9.92 Å². The Labute approximate surface area is 155 Å². The molecule has 0 aliphatic carbocycles. The van der Waals surface area contributed by atoms with Crippen LogP contribution in [0, 0.1) is 10.1 Å². The number of thioether (sulfide) groups is 1. The zero-order chi connectivity index (χ0) is 17.6. The Morgan fingerprint density at radius 3 is 1.84 bits per heavy atom. The van der Waals surface area contributed by atoms with Gasteiger partial charge in [-0.1, -0.05) is 71.9 Å². The minimum atomic E-state index is -0.319. The van der Waals surface area contributed by atoms with Crippen molar-refractivity contribution in [1.29, 1.82) is 0 Å². The summed E-state index contributed by atoms with van der Waals surface area (Å²) in [6, 6.07) is 25.6. The van der Waals surface area contributed by atoms with Crippen LogP contribution in [0.25, 0.3) is 10.6 Å². The van der Waals surface area contributed by atoms with Crippen LogP contribution in [0.2, 0.25) is 5.02 Å². The number of benzene rings is 3. The molecule has 3 aromatic rings. The van der Waals surface area contributed by atoms with Crippen LogP contribution in [0.15, 0.2) is 89.8 Å². The molecule has 0 bridgehead atoms. The fourth-order valence-electron chi connectivity index (χ4n) is 2.37. The third-order valence-corrected chi connectivity index (χ3v) is 4.91. The van der Waals surface area contributed by atoms with Crippen LogP contribution in [0.1, 0.15) is 11.1 Å². The van der Waals surface area contributed by atoms with Crippen molar-refractivity contribution in [2.75, 3.05) is 0 Å². The molecule has 0 aliphatic rings. The average Bonchev–Trinajstić information content (AvgIpc) is 2.64. The van der Waals surface area contributed by atoms with Gasteiger partial charge < -0.3 is 0 Å². The molecule has 0 radical (unpaired) electrons. The fraction of sp³-hybridized carbons (Fsp3) is 0. The monoisotopic (exact) mass is 367 g/mol. The maximum Gasteiger partial charge on any atom is 0.290 e. The van der Waals surface area contributed by atoms with E-state index in [0.29, 0.717) is 15.5 Å². The van der Waals surface area contributed by atoms with Crippen molar-refractivity contribution in [2.24, 2.45) is 0 Å². The summed E-state index contributed by atoms with van der Waals surface area (Å²) in [7, 11) is 0. The summed E-state index contributed by atoms with van der Waals surface area (Å²) in [5, 5.41) is 12.5. The van der Waals surface area contributed by atoms with E-state index in [-0.39, 0.29) is 10.6 Å². The first-order chi connectivity index (χ1) is 12.1. The number of halogens is 1. The molecule has 3 aromatic carbocycles. The van der Waals surface area contributed by atoms with E-state index in [9.17, 15) is 10.1 Å². The predicted octanol–water partition coefficient (Wildman–Crippen LogP) is 6.23. The Bertz CT molecular complexity index is 894. The molecule has 0 fully saturated rings. The van der Waals surface area contributed by atoms with Gasteiger partial charge in [-0.2, -0.15) is 0 Å². The number of nitro groups is 1. The van der Waals surface area contributed by atoms with Crippen LogP contribution in [-0.2, 0) is 0 Å². The molecule has 0 atom stereocenters. The smallest absolute Gasteiger partial charge is 0.258 e. The number of rotatable bonds is 5. The van der Waals surface area contributed by atoms with Crippen molar-refractivity contribution < 1.29 is 4.92 Å². The summed E-state index contributed by atoms with van der Waals surface area (Å²) in [6.07, 6.45) is 0. The fourth-order valence-corrected chi connectivity index (χ4v) is 3.55. The van der Waals surface area contributed by atoms with Gasteiger partial charge in [-0.05, 0) is 42.0 Å². The number of hydrogen-bond acceptors (Lipinski definition) is 3. The van der Waals surface area contributed by atoms with Gasteiger partial charge in [0.15, 0.2) is 0 Å². The van der Waals surface area contributed by atoms with Crippen molar-refractivity contribution in [3.05, 3.63) is 111 Å². The molecule has 25 heavy (non-hydrogen) atoms. The molecule has 0 saturated heterocycles. The lowest BCUT2D eigenvalue weighted by Crippen LogP contribution is -2.01. The van der Waals surface area contributed by atoms with Crippen molar-refractivity contribution in [3.8, 4) is 0 Å². The zero-order valence-corrected chi connectivity index (χ0v) is 14.7. The topological polar surface area (TPSA) is 43.1 Å². The molecule has 0 aliphatic heterocycles. The van der Waals surface area contributed by atoms with Crippen LogP contribution < -0.4 is 0 Å². The van der Waals surface area contributed by atoms with Gasteiger partial charge in [-0.25, -0.2) is 0 Å². The van der Waals surface area contributed by atoms with Crippen molar-refractivity contribution in [3.63, 3.8) is 0 Å². The van der Waals surface area contributed by atoms with Crippen LogP contribution in [0.3, 0.4) is 0 Å². The molecule has 0 heterocycles. The Morgan fingerprint density at radius 1 is 0.800 bits per heavy atom. The summed E-state index contributed by atoms with van der Waals surface area (Å²) in [6.45, 7) is 0. The summed E-state index contributed by atoms with van der Waals surface area (Å²) < 4.78 is 0. The number of hydrogen-bond donors (Lipinski definition) is 0. The van der Waals surface area contributed by atoms with E-state index in [1.54, 1.807) is 36.4 Å². The van der Waals surface area contributed by atoms with Gasteiger partial charge in [0.05, 0.1) is 15.4 Å². The second kappa shape index (κ2) is 8.01. The Morgan fingerprint density at radius 2 is 1.32 bits per heavy atom. The van der Waals surface area contributed by atoms with E-state index < -0.39 is 0 Å². The van der Waals surface area contributed by atoms with E-state index in [0.717, 1.165) is 10.5 Å². The van der Waals surface area contributed by atoms with E-state index in [4.69, 9.17) is 11.6 Å².